The highest BCUT2D eigenvalue weighted by Gasteiger charge is 2.11. The van der Waals surface area contributed by atoms with E-state index in [-0.39, 0.29) is 5.91 Å². The quantitative estimate of drug-likeness (QED) is 0.782. The highest BCUT2D eigenvalue weighted by Crippen LogP contribution is 2.20. The minimum Gasteiger partial charge on any atom is -0.347 e. The molecule has 6 nitrogen and oxygen atoms in total. The van der Waals surface area contributed by atoms with E-state index in [4.69, 9.17) is 0 Å². The number of nitrogens with zero attached hydrogens (tertiary/aromatic N) is 4. The number of amides is 1. The number of hydrogen-bond acceptors (Lipinski definition) is 5. The Bertz CT molecular complexity index is 808. The van der Waals surface area contributed by atoms with Crippen LogP contribution in [0.3, 0.4) is 0 Å². The van der Waals surface area contributed by atoms with Crippen LogP contribution in [-0.2, 0) is 6.54 Å². The summed E-state index contributed by atoms with van der Waals surface area (Å²) in [6, 6.07) is 15.2. The molecular formula is C18H17N5O. The Morgan fingerprint density at radius 1 is 1.12 bits per heavy atom. The lowest BCUT2D eigenvalue weighted by Crippen LogP contribution is -2.24. The monoisotopic (exact) mass is 319 g/mol. The number of aromatic nitrogens is 3. The molecule has 0 spiro atoms. The van der Waals surface area contributed by atoms with Crippen LogP contribution in [0.5, 0.6) is 0 Å². The van der Waals surface area contributed by atoms with Crippen LogP contribution >= 0.6 is 0 Å². The Balaban J connectivity index is 1.71. The third-order valence-corrected chi connectivity index (χ3v) is 3.55. The molecule has 3 rings (SSSR count). The van der Waals surface area contributed by atoms with Gasteiger partial charge in [-0.3, -0.25) is 9.78 Å². The van der Waals surface area contributed by atoms with Crippen LogP contribution in [0.4, 0.5) is 11.5 Å². The molecule has 24 heavy (non-hydrogen) atoms. The van der Waals surface area contributed by atoms with Crippen molar-refractivity contribution in [1.29, 1.82) is 0 Å². The van der Waals surface area contributed by atoms with Crippen LogP contribution < -0.4 is 10.2 Å². The number of hydrogen-bond donors (Lipinski definition) is 1. The van der Waals surface area contributed by atoms with Gasteiger partial charge in [0.2, 0.25) is 0 Å². The summed E-state index contributed by atoms with van der Waals surface area (Å²) in [5, 5.41) is 2.83. The van der Waals surface area contributed by atoms with Crippen molar-refractivity contribution in [3.05, 3.63) is 78.5 Å². The van der Waals surface area contributed by atoms with Crippen molar-refractivity contribution >= 4 is 17.4 Å². The van der Waals surface area contributed by atoms with Crippen LogP contribution in [0.2, 0.25) is 0 Å². The maximum atomic E-state index is 12.3. The third-order valence-electron chi connectivity index (χ3n) is 3.55. The number of anilines is 2. The lowest BCUT2D eigenvalue weighted by atomic mass is 10.2. The zero-order valence-corrected chi connectivity index (χ0v) is 13.3. The molecule has 0 fully saturated rings. The Labute approximate surface area is 140 Å². The van der Waals surface area contributed by atoms with E-state index in [1.54, 1.807) is 18.5 Å². The van der Waals surface area contributed by atoms with E-state index in [1.165, 1.54) is 6.33 Å². The third kappa shape index (κ3) is 3.73. The van der Waals surface area contributed by atoms with Crippen molar-refractivity contribution in [2.45, 2.75) is 6.54 Å². The molecule has 0 radical (unpaired) electrons. The minimum atomic E-state index is -0.246. The minimum absolute atomic E-state index is 0.246. The lowest BCUT2D eigenvalue weighted by molar-refractivity contribution is 0.0945. The van der Waals surface area contributed by atoms with E-state index >= 15 is 0 Å². The fourth-order valence-electron chi connectivity index (χ4n) is 2.21. The van der Waals surface area contributed by atoms with Gasteiger partial charge in [0, 0.05) is 37.7 Å². The Kier molecular flexibility index (Phi) is 4.76. The molecule has 0 aliphatic heterocycles. The van der Waals surface area contributed by atoms with Crippen molar-refractivity contribution in [2.75, 3.05) is 11.9 Å². The maximum absolute atomic E-state index is 12.3. The van der Waals surface area contributed by atoms with Gasteiger partial charge in [-0.15, -0.1) is 0 Å². The van der Waals surface area contributed by atoms with Gasteiger partial charge in [-0.2, -0.15) is 0 Å². The largest absolute Gasteiger partial charge is 0.347 e. The molecule has 0 unspecified atom stereocenters. The van der Waals surface area contributed by atoms with Gasteiger partial charge < -0.3 is 10.2 Å². The number of carbonyl (C=O) groups excluding carboxylic acids is 1. The normalized spacial score (nSPS) is 10.2. The lowest BCUT2D eigenvalue weighted by Gasteiger charge is -2.18. The highest BCUT2D eigenvalue weighted by molar-refractivity contribution is 5.93. The van der Waals surface area contributed by atoms with Gasteiger partial charge in [-0.1, -0.05) is 24.3 Å². The molecule has 6 heteroatoms. The fraction of sp³-hybridized carbons (Fsp3) is 0.111. The van der Waals surface area contributed by atoms with Crippen molar-refractivity contribution in [3.63, 3.8) is 0 Å². The van der Waals surface area contributed by atoms with Crippen molar-refractivity contribution in [1.82, 2.24) is 20.3 Å². The van der Waals surface area contributed by atoms with E-state index in [0.717, 1.165) is 11.3 Å². The second-order valence-electron chi connectivity index (χ2n) is 5.20. The molecule has 0 aliphatic carbocycles. The molecule has 0 aliphatic rings. The van der Waals surface area contributed by atoms with E-state index < -0.39 is 0 Å². The summed E-state index contributed by atoms with van der Waals surface area (Å²) in [4.78, 5) is 26.5. The Morgan fingerprint density at radius 3 is 2.71 bits per heavy atom. The predicted molar refractivity (Wildman–Crippen MR) is 91.9 cm³/mol. The average Bonchev–Trinajstić information content (AvgIpc) is 2.67. The highest BCUT2D eigenvalue weighted by atomic mass is 16.1. The summed E-state index contributed by atoms with van der Waals surface area (Å²) < 4.78 is 0. The topological polar surface area (TPSA) is 71.0 Å². The van der Waals surface area contributed by atoms with Crippen LogP contribution in [0.25, 0.3) is 0 Å². The summed E-state index contributed by atoms with van der Waals surface area (Å²) >= 11 is 0. The van der Waals surface area contributed by atoms with Crippen LogP contribution in [0.1, 0.15) is 16.1 Å². The first-order valence-corrected chi connectivity index (χ1v) is 7.52. The fourth-order valence-corrected chi connectivity index (χ4v) is 2.21. The number of nitrogens with one attached hydrogen (secondary N) is 1. The molecule has 0 saturated heterocycles. The Hall–Kier alpha value is -3.28. The first-order valence-electron chi connectivity index (χ1n) is 7.52. The summed E-state index contributed by atoms with van der Waals surface area (Å²) in [5.41, 5.74) is 2.24. The zero-order valence-electron chi connectivity index (χ0n) is 13.3. The maximum Gasteiger partial charge on any atom is 0.270 e. The number of pyridine rings is 1. The molecule has 120 valence electrons. The van der Waals surface area contributed by atoms with Crippen LogP contribution in [-0.4, -0.2) is 27.9 Å². The standard InChI is InChI=1S/C18H17N5O/c1-23(15-7-3-2-4-8-15)17-10-16(21-13-22-17)18(24)20-12-14-6-5-9-19-11-14/h2-11,13H,12H2,1H3,(H,20,24). The molecular weight excluding hydrogens is 302 g/mol. The molecule has 3 aromatic rings. The van der Waals surface area contributed by atoms with Crippen LogP contribution in [0.15, 0.2) is 67.3 Å². The number of benzene rings is 1. The second kappa shape index (κ2) is 7.32. The predicted octanol–water partition coefficient (Wildman–Crippen LogP) is 2.57. The molecule has 0 bridgehead atoms. The van der Waals surface area contributed by atoms with Crippen LogP contribution in [0, 0.1) is 0 Å². The van der Waals surface area contributed by atoms with Gasteiger partial charge >= 0.3 is 0 Å². The van der Waals surface area contributed by atoms with Gasteiger partial charge in [0.25, 0.3) is 5.91 Å². The van der Waals surface area contributed by atoms with Crippen molar-refractivity contribution in [2.24, 2.45) is 0 Å². The molecule has 2 heterocycles. The van der Waals surface area contributed by atoms with Gasteiger partial charge in [0.05, 0.1) is 0 Å². The summed E-state index contributed by atoms with van der Waals surface area (Å²) in [5.74, 6) is 0.409. The summed E-state index contributed by atoms with van der Waals surface area (Å²) in [6.45, 7) is 0.403. The molecule has 0 saturated carbocycles. The van der Waals surface area contributed by atoms with E-state index in [9.17, 15) is 4.79 Å². The SMILES string of the molecule is CN(c1ccccc1)c1cc(C(=O)NCc2cccnc2)ncn1. The second-order valence-corrected chi connectivity index (χ2v) is 5.20. The van der Waals surface area contributed by atoms with E-state index in [2.05, 4.69) is 20.3 Å². The number of carbonyl (C=O) groups is 1. The van der Waals surface area contributed by atoms with Gasteiger partial charge in [0.1, 0.15) is 17.8 Å². The summed E-state index contributed by atoms with van der Waals surface area (Å²) in [7, 11) is 1.90. The van der Waals surface area contributed by atoms with E-state index in [1.807, 2.05) is 54.4 Å². The van der Waals surface area contributed by atoms with Gasteiger partial charge in [0.15, 0.2) is 0 Å². The first kappa shape index (κ1) is 15.6. The molecule has 0 atom stereocenters. The van der Waals surface area contributed by atoms with E-state index in [0.29, 0.717) is 18.1 Å². The first-order chi connectivity index (χ1) is 11.7. The number of para-hydroxylation sites is 1. The molecule has 1 amide bonds. The Morgan fingerprint density at radius 2 is 1.96 bits per heavy atom. The van der Waals surface area contributed by atoms with Crippen molar-refractivity contribution in [3.8, 4) is 0 Å². The smallest absolute Gasteiger partial charge is 0.270 e. The van der Waals surface area contributed by atoms with Gasteiger partial charge in [-0.05, 0) is 23.8 Å². The average molecular weight is 319 g/mol. The van der Waals surface area contributed by atoms with Gasteiger partial charge in [-0.25, -0.2) is 9.97 Å². The molecule has 1 N–H and O–H groups in total. The molecule has 1 aromatic carbocycles. The summed E-state index contributed by atoms with van der Waals surface area (Å²) in [6.07, 6.45) is 4.81. The molecule has 2 aromatic heterocycles. The van der Waals surface area contributed by atoms with Crippen molar-refractivity contribution < 1.29 is 4.79 Å². The number of rotatable bonds is 5. The zero-order chi connectivity index (χ0) is 16.8.